The van der Waals surface area contributed by atoms with Crippen LogP contribution in [0, 0.1) is 0 Å². The van der Waals surface area contributed by atoms with Gasteiger partial charge in [0.05, 0.1) is 5.52 Å². The van der Waals surface area contributed by atoms with Gasteiger partial charge in [-0.15, -0.1) is 0 Å². The lowest BCUT2D eigenvalue weighted by molar-refractivity contribution is -0.193. The second-order valence-electron chi connectivity index (χ2n) is 8.63. The zero-order valence-corrected chi connectivity index (χ0v) is 21.0. The number of anilines is 1. The Bertz CT molecular complexity index is 1070. The summed E-state index contributed by atoms with van der Waals surface area (Å²) in [6.45, 7) is 1.87. The molecule has 1 aliphatic heterocycles. The minimum atomic E-state index is -5.08. The number of alkyl halides is 6. The first-order valence-corrected chi connectivity index (χ1v) is 11.8. The highest BCUT2D eigenvalue weighted by Gasteiger charge is 2.38. The van der Waals surface area contributed by atoms with E-state index in [0.29, 0.717) is 18.3 Å². The van der Waals surface area contributed by atoms with Crippen molar-refractivity contribution >= 4 is 34.6 Å². The van der Waals surface area contributed by atoms with Crippen molar-refractivity contribution < 1.29 is 50.9 Å². The van der Waals surface area contributed by atoms with E-state index >= 15 is 0 Å². The molecule has 3 rings (SSSR count). The summed E-state index contributed by atoms with van der Waals surface area (Å²) in [5.41, 5.74) is 7.74. The summed E-state index contributed by atoms with van der Waals surface area (Å²) in [5, 5.41) is 18.3. The van der Waals surface area contributed by atoms with Gasteiger partial charge < -0.3 is 26.2 Å². The molecule has 1 atom stereocenters. The predicted octanol–water partition coefficient (Wildman–Crippen LogP) is 4.44. The zero-order chi connectivity index (χ0) is 29.8. The second-order valence-corrected chi connectivity index (χ2v) is 8.63. The summed E-state index contributed by atoms with van der Waals surface area (Å²) in [4.78, 5) is 40.1. The van der Waals surface area contributed by atoms with Crippen molar-refractivity contribution in [1.82, 2.24) is 14.9 Å². The molecule has 0 bridgehead atoms. The van der Waals surface area contributed by atoms with Crippen molar-refractivity contribution in [3.63, 3.8) is 0 Å². The third kappa shape index (κ3) is 12.3. The van der Waals surface area contributed by atoms with E-state index in [-0.39, 0.29) is 5.91 Å². The molecule has 3 heterocycles. The number of rotatable bonds is 8. The molecule has 39 heavy (non-hydrogen) atoms. The number of carboxylic acids is 2. The van der Waals surface area contributed by atoms with Crippen LogP contribution >= 0.6 is 0 Å². The fourth-order valence-corrected chi connectivity index (χ4v) is 3.59. The van der Waals surface area contributed by atoms with Gasteiger partial charge in [-0.3, -0.25) is 9.69 Å². The number of nitrogens with two attached hydrogens (primary N) is 1. The van der Waals surface area contributed by atoms with Gasteiger partial charge in [0.25, 0.3) is 0 Å². The van der Waals surface area contributed by atoms with Crippen LogP contribution in [0.2, 0.25) is 0 Å². The Morgan fingerprint density at radius 2 is 1.62 bits per heavy atom. The number of pyridine rings is 1. The number of halogens is 6. The van der Waals surface area contributed by atoms with Crippen molar-refractivity contribution in [2.75, 3.05) is 25.5 Å². The standard InChI is InChI=1S/C19H29N5O.2C2HF3O2/c1-24-10-6-7-17(24)16-11-14-13-21-18(12-15(14)22-16)23-19(25)8-4-2-3-5-9-20;2*3-2(4,5)1(6)7/h11-13,17,22H,2-10,20H2,1H3,(H,21,23,25);2*(H,6,7)/t17-;;/m1../s1. The first-order valence-electron chi connectivity index (χ1n) is 11.8. The molecular weight excluding hydrogens is 540 g/mol. The monoisotopic (exact) mass is 571 g/mol. The quantitative estimate of drug-likeness (QED) is 0.229. The molecular formula is C23H31F6N5O5. The van der Waals surface area contributed by atoms with Crippen LogP contribution < -0.4 is 11.1 Å². The highest BCUT2D eigenvalue weighted by molar-refractivity contribution is 5.92. The Morgan fingerprint density at radius 1 is 1.05 bits per heavy atom. The molecule has 10 nitrogen and oxygen atoms in total. The highest BCUT2D eigenvalue weighted by atomic mass is 19.4. The van der Waals surface area contributed by atoms with E-state index in [1.54, 1.807) is 0 Å². The van der Waals surface area contributed by atoms with Crippen LogP contribution in [0.25, 0.3) is 10.9 Å². The van der Waals surface area contributed by atoms with Gasteiger partial charge in [0, 0.05) is 35.8 Å². The molecule has 2 aromatic rings. The summed E-state index contributed by atoms with van der Waals surface area (Å²) in [5.74, 6) is -4.87. The molecule has 220 valence electrons. The lowest BCUT2D eigenvalue weighted by atomic mass is 10.1. The minimum absolute atomic E-state index is 0.0295. The number of hydrogen-bond donors (Lipinski definition) is 5. The summed E-state index contributed by atoms with van der Waals surface area (Å²) in [7, 11) is 2.17. The minimum Gasteiger partial charge on any atom is -0.475 e. The number of carbonyl (C=O) groups is 3. The number of carboxylic acid groups (broad SMARTS) is 2. The van der Waals surface area contributed by atoms with E-state index in [0.717, 1.165) is 49.7 Å². The summed E-state index contributed by atoms with van der Waals surface area (Å²) in [6.07, 6.45) is -1.30. The maximum atomic E-state index is 12.0. The first kappa shape index (κ1) is 33.6. The predicted molar refractivity (Wildman–Crippen MR) is 129 cm³/mol. The number of aliphatic carboxylic acids is 2. The van der Waals surface area contributed by atoms with Crippen LogP contribution in [-0.4, -0.2) is 75.4 Å². The Morgan fingerprint density at radius 3 is 2.10 bits per heavy atom. The first-order chi connectivity index (χ1) is 18.1. The molecule has 0 saturated carbocycles. The Hall–Kier alpha value is -3.40. The van der Waals surface area contributed by atoms with Crippen molar-refractivity contribution in [2.24, 2.45) is 5.73 Å². The van der Waals surface area contributed by atoms with E-state index in [2.05, 4.69) is 33.3 Å². The van der Waals surface area contributed by atoms with Crippen LogP contribution in [-0.2, 0) is 14.4 Å². The van der Waals surface area contributed by atoms with Gasteiger partial charge in [0.15, 0.2) is 0 Å². The fourth-order valence-electron chi connectivity index (χ4n) is 3.59. The Kier molecular flexibility index (Phi) is 13.2. The maximum absolute atomic E-state index is 12.0. The van der Waals surface area contributed by atoms with Gasteiger partial charge in [-0.25, -0.2) is 14.6 Å². The van der Waals surface area contributed by atoms with Gasteiger partial charge in [0.2, 0.25) is 5.91 Å². The fraction of sp³-hybridized carbons (Fsp3) is 0.565. The van der Waals surface area contributed by atoms with Gasteiger partial charge in [0.1, 0.15) is 5.82 Å². The normalized spacial score (nSPS) is 15.6. The largest absolute Gasteiger partial charge is 0.490 e. The van der Waals surface area contributed by atoms with Crippen molar-refractivity contribution in [3.05, 3.63) is 24.0 Å². The molecule has 16 heteroatoms. The molecule has 1 aliphatic rings. The Labute approximate surface area is 219 Å². The second kappa shape index (κ2) is 15.3. The topological polar surface area (TPSA) is 162 Å². The van der Waals surface area contributed by atoms with Crippen molar-refractivity contribution in [2.45, 2.75) is 63.3 Å². The third-order valence-electron chi connectivity index (χ3n) is 5.51. The lowest BCUT2D eigenvalue weighted by Crippen LogP contribution is -2.21. The van der Waals surface area contributed by atoms with Crippen molar-refractivity contribution in [1.29, 1.82) is 0 Å². The third-order valence-corrected chi connectivity index (χ3v) is 5.51. The number of aromatic nitrogens is 2. The Balaban J connectivity index is 0.000000449. The molecule has 0 aliphatic carbocycles. The molecule has 1 saturated heterocycles. The number of likely N-dealkylation sites (tertiary alicyclic amines) is 1. The van der Waals surface area contributed by atoms with Crippen LogP contribution in [0.5, 0.6) is 0 Å². The smallest absolute Gasteiger partial charge is 0.475 e. The van der Waals surface area contributed by atoms with E-state index in [1.807, 2.05) is 12.3 Å². The van der Waals surface area contributed by atoms with E-state index in [4.69, 9.17) is 25.5 Å². The number of carbonyl (C=O) groups excluding carboxylic acids is 1. The number of aromatic amines is 1. The number of unbranched alkanes of at least 4 members (excludes halogenated alkanes) is 3. The lowest BCUT2D eigenvalue weighted by Gasteiger charge is -2.17. The summed E-state index contributed by atoms with van der Waals surface area (Å²) < 4.78 is 63.5. The van der Waals surface area contributed by atoms with Gasteiger partial charge >= 0.3 is 24.3 Å². The number of fused-ring (bicyclic) bond motifs is 1. The average molecular weight is 572 g/mol. The number of H-pyrrole nitrogens is 1. The van der Waals surface area contributed by atoms with Crippen LogP contribution in [0.1, 0.15) is 56.7 Å². The molecule has 0 radical (unpaired) electrons. The van der Waals surface area contributed by atoms with E-state index in [1.165, 1.54) is 18.5 Å². The summed E-state index contributed by atoms with van der Waals surface area (Å²) >= 11 is 0. The zero-order valence-electron chi connectivity index (χ0n) is 21.0. The molecule has 6 N–H and O–H groups in total. The summed E-state index contributed by atoms with van der Waals surface area (Å²) in [6, 6.07) is 4.57. The molecule has 0 spiro atoms. The van der Waals surface area contributed by atoms with E-state index < -0.39 is 24.3 Å². The van der Waals surface area contributed by atoms with Crippen LogP contribution in [0.3, 0.4) is 0 Å². The van der Waals surface area contributed by atoms with Gasteiger partial charge in [-0.1, -0.05) is 12.8 Å². The number of nitrogens with zero attached hydrogens (tertiary/aromatic N) is 2. The number of hydrogen-bond acceptors (Lipinski definition) is 6. The molecule has 0 unspecified atom stereocenters. The molecule has 0 aromatic carbocycles. The molecule has 2 aromatic heterocycles. The van der Waals surface area contributed by atoms with Crippen molar-refractivity contribution in [3.8, 4) is 0 Å². The van der Waals surface area contributed by atoms with Crippen LogP contribution in [0.4, 0.5) is 32.2 Å². The number of amides is 1. The average Bonchev–Trinajstić information content (AvgIpc) is 3.43. The molecule has 1 amide bonds. The maximum Gasteiger partial charge on any atom is 0.490 e. The number of nitrogens with one attached hydrogen (secondary N) is 2. The highest BCUT2D eigenvalue weighted by Crippen LogP contribution is 2.32. The SMILES string of the molecule is CN1CCC[C@@H]1c1cc2cnc(NC(=O)CCCCCCN)cc2[nH]1.O=C(O)C(F)(F)F.O=C(O)C(F)(F)F. The molecule has 1 fully saturated rings. The van der Waals surface area contributed by atoms with Gasteiger partial charge in [-0.2, -0.15) is 26.3 Å². The van der Waals surface area contributed by atoms with Gasteiger partial charge in [-0.05, 0) is 51.9 Å². The van der Waals surface area contributed by atoms with Crippen LogP contribution in [0.15, 0.2) is 18.3 Å². The van der Waals surface area contributed by atoms with E-state index in [9.17, 15) is 31.1 Å².